The van der Waals surface area contributed by atoms with Crippen molar-refractivity contribution in [2.45, 2.75) is 25.9 Å². The van der Waals surface area contributed by atoms with Gasteiger partial charge in [0.1, 0.15) is 5.75 Å². The van der Waals surface area contributed by atoms with Gasteiger partial charge in [-0.15, -0.1) is 0 Å². The number of nitrogens with two attached hydrogens (primary N) is 1. The normalized spacial score (nSPS) is 18.9. The zero-order valence-corrected chi connectivity index (χ0v) is 11.2. The van der Waals surface area contributed by atoms with Crippen LogP contribution in [0.4, 0.5) is 11.4 Å². The molecule has 18 heavy (non-hydrogen) atoms. The van der Waals surface area contributed by atoms with Gasteiger partial charge in [-0.05, 0) is 31.9 Å². The number of likely N-dealkylation sites (N-methyl/N-ethyl adjacent to an activating group) is 1. The molecule has 0 spiro atoms. The lowest BCUT2D eigenvalue weighted by Gasteiger charge is -2.27. The fourth-order valence-electron chi connectivity index (χ4n) is 2.36. The van der Waals surface area contributed by atoms with Gasteiger partial charge < -0.3 is 20.1 Å². The Morgan fingerprint density at radius 2 is 2.33 bits per heavy atom. The molecular formula is C14H22N2O2. The van der Waals surface area contributed by atoms with Crippen molar-refractivity contribution >= 4 is 11.4 Å². The molecule has 1 aliphatic heterocycles. The minimum Gasteiger partial charge on any atom is -0.497 e. The Morgan fingerprint density at radius 3 is 2.94 bits per heavy atom. The molecule has 0 bridgehead atoms. The molecule has 0 aromatic heterocycles. The average molecular weight is 250 g/mol. The van der Waals surface area contributed by atoms with Gasteiger partial charge in [-0.3, -0.25) is 0 Å². The maximum atomic E-state index is 6.06. The molecule has 0 radical (unpaired) electrons. The minimum absolute atomic E-state index is 0.329. The van der Waals surface area contributed by atoms with Gasteiger partial charge in [-0.1, -0.05) is 0 Å². The van der Waals surface area contributed by atoms with Crippen molar-refractivity contribution in [2.75, 3.05) is 37.4 Å². The van der Waals surface area contributed by atoms with Gasteiger partial charge in [0.2, 0.25) is 0 Å². The van der Waals surface area contributed by atoms with Crippen molar-refractivity contribution in [3.05, 3.63) is 18.2 Å². The maximum absolute atomic E-state index is 6.06. The molecular weight excluding hydrogens is 228 g/mol. The third kappa shape index (κ3) is 2.88. The van der Waals surface area contributed by atoms with E-state index in [1.54, 1.807) is 7.11 Å². The lowest BCUT2D eigenvalue weighted by atomic mass is 10.2. The Hall–Kier alpha value is -1.42. The summed E-state index contributed by atoms with van der Waals surface area (Å²) in [6.45, 7) is 4.83. The van der Waals surface area contributed by atoms with E-state index in [9.17, 15) is 0 Å². The average Bonchev–Trinajstić information content (AvgIpc) is 2.90. The summed E-state index contributed by atoms with van der Waals surface area (Å²) in [6, 6.07) is 5.78. The van der Waals surface area contributed by atoms with Crippen molar-refractivity contribution in [2.24, 2.45) is 0 Å². The standard InChI is InChI=1S/C14H22N2O2/c1-3-16(10-12-5-4-8-18-12)14-9-11(17-2)6-7-13(14)15/h6-7,9,12H,3-5,8,10,15H2,1-2H3. The summed E-state index contributed by atoms with van der Waals surface area (Å²) in [5, 5.41) is 0. The summed E-state index contributed by atoms with van der Waals surface area (Å²) >= 11 is 0. The Bertz CT molecular complexity index is 389. The molecule has 0 aliphatic carbocycles. The minimum atomic E-state index is 0.329. The van der Waals surface area contributed by atoms with E-state index in [0.29, 0.717) is 6.10 Å². The first-order valence-electron chi connectivity index (χ1n) is 6.54. The van der Waals surface area contributed by atoms with E-state index in [1.165, 1.54) is 0 Å². The highest BCUT2D eigenvalue weighted by Crippen LogP contribution is 2.29. The molecule has 1 aliphatic rings. The van der Waals surface area contributed by atoms with E-state index in [0.717, 1.165) is 49.7 Å². The smallest absolute Gasteiger partial charge is 0.121 e. The van der Waals surface area contributed by atoms with Gasteiger partial charge in [0.15, 0.2) is 0 Å². The molecule has 1 heterocycles. The van der Waals surface area contributed by atoms with Crippen molar-refractivity contribution in [1.29, 1.82) is 0 Å². The predicted octanol–water partition coefficient (Wildman–Crippen LogP) is 2.28. The number of rotatable bonds is 5. The Labute approximate surface area is 109 Å². The fourth-order valence-corrected chi connectivity index (χ4v) is 2.36. The van der Waals surface area contributed by atoms with Gasteiger partial charge in [-0.2, -0.15) is 0 Å². The summed E-state index contributed by atoms with van der Waals surface area (Å²) in [5.41, 5.74) is 7.88. The zero-order valence-electron chi connectivity index (χ0n) is 11.2. The van der Waals surface area contributed by atoms with Crippen molar-refractivity contribution < 1.29 is 9.47 Å². The van der Waals surface area contributed by atoms with Crippen LogP contribution in [0.2, 0.25) is 0 Å². The Kier molecular flexibility index (Phi) is 4.31. The number of hydrogen-bond donors (Lipinski definition) is 1. The van der Waals surface area contributed by atoms with E-state index in [2.05, 4.69) is 11.8 Å². The Balaban J connectivity index is 2.14. The fraction of sp³-hybridized carbons (Fsp3) is 0.571. The van der Waals surface area contributed by atoms with Gasteiger partial charge in [0.25, 0.3) is 0 Å². The highest BCUT2D eigenvalue weighted by Gasteiger charge is 2.20. The van der Waals surface area contributed by atoms with Gasteiger partial charge in [0.05, 0.1) is 24.6 Å². The van der Waals surface area contributed by atoms with Crippen molar-refractivity contribution in [1.82, 2.24) is 0 Å². The van der Waals surface area contributed by atoms with E-state index >= 15 is 0 Å². The van der Waals surface area contributed by atoms with Crippen LogP contribution in [-0.2, 0) is 4.74 Å². The first-order chi connectivity index (χ1) is 8.74. The predicted molar refractivity (Wildman–Crippen MR) is 74.3 cm³/mol. The van der Waals surface area contributed by atoms with E-state index in [4.69, 9.17) is 15.2 Å². The number of ether oxygens (including phenoxy) is 2. The van der Waals surface area contributed by atoms with Crippen LogP contribution in [-0.4, -0.2) is 32.9 Å². The lowest BCUT2D eigenvalue weighted by Crippen LogP contribution is -2.32. The summed E-state index contributed by atoms with van der Waals surface area (Å²) in [6.07, 6.45) is 2.63. The number of nitrogens with zero attached hydrogens (tertiary/aromatic N) is 1. The third-order valence-electron chi connectivity index (χ3n) is 3.41. The van der Waals surface area contributed by atoms with Crippen LogP contribution in [0, 0.1) is 0 Å². The van der Waals surface area contributed by atoms with Crippen LogP contribution < -0.4 is 15.4 Å². The highest BCUT2D eigenvalue weighted by atomic mass is 16.5. The topological polar surface area (TPSA) is 47.7 Å². The maximum Gasteiger partial charge on any atom is 0.121 e. The Morgan fingerprint density at radius 1 is 1.50 bits per heavy atom. The number of methoxy groups -OCH3 is 1. The SMILES string of the molecule is CCN(CC1CCCO1)c1cc(OC)ccc1N. The van der Waals surface area contributed by atoms with E-state index in [-0.39, 0.29) is 0 Å². The molecule has 4 heteroatoms. The zero-order chi connectivity index (χ0) is 13.0. The largest absolute Gasteiger partial charge is 0.497 e. The molecule has 1 fully saturated rings. The first-order valence-corrected chi connectivity index (χ1v) is 6.54. The van der Waals surface area contributed by atoms with E-state index < -0.39 is 0 Å². The second-order valence-electron chi connectivity index (χ2n) is 4.60. The molecule has 1 saturated heterocycles. The number of anilines is 2. The molecule has 100 valence electrons. The van der Waals surface area contributed by atoms with Gasteiger partial charge in [-0.25, -0.2) is 0 Å². The lowest BCUT2D eigenvalue weighted by molar-refractivity contribution is 0.116. The monoisotopic (exact) mass is 250 g/mol. The van der Waals surface area contributed by atoms with Crippen LogP contribution in [0.1, 0.15) is 19.8 Å². The van der Waals surface area contributed by atoms with Crippen LogP contribution in [0.15, 0.2) is 18.2 Å². The molecule has 1 unspecified atom stereocenters. The number of nitrogen functional groups attached to an aromatic ring is 1. The quantitative estimate of drug-likeness (QED) is 0.814. The summed E-state index contributed by atoms with van der Waals surface area (Å²) < 4.78 is 11.0. The number of hydrogen-bond acceptors (Lipinski definition) is 4. The highest BCUT2D eigenvalue weighted by molar-refractivity contribution is 5.69. The van der Waals surface area contributed by atoms with Crippen LogP contribution in [0.25, 0.3) is 0 Å². The molecule has 1 aromatic rings. The van der Waals surface area contributed by atoms with Crippen LogP contribution in [0.5, 0.6) is 5.75 Å². The van der Waals surface area contributed by atoms with Gasteiger partial charge >= 0.3 is 0 Å². The molecule has 1 atom stereocenters. The summed E-state index contributed by atoms with van der Waals surface area (Å²) in [4.78, 5) is 2.26. The second-order valence-corrected chi connectivity index (χ2v) is 4.60. The van der Waals surface area contributed by atoms with Crippen molar-refractivity contribution in [3.8, 4) is 5.75 Å². The number of benzene rings is 1. The van der Waals surface area contributed by atoms with Crippen LogP contribution in [0.3, 0.4) is 0 Å². The first kappa shape index (κ1) is 13.0. The molecule has 0 amide bonds. The van der Waals surface area contributed by atoms with E-state index in [1.807, 2.05) is 18.2 Å². The second kappa shape index (κ2) is 5.96. The third-order valence-corrected chi connectivity index (χ3v) is 3.41. The van der Waals surface area contributed by atoms with Crippen LogP contribution >= 0.6 is 0 Å². The van der Waals surface area contributed by atoms with Gasteiger partial charge in [0, 0.05) is 25.8 Å². The summed E-state index contributed by atoms with van der Waals surface area (Å²) in [7, 11) is 1.67. The molecule has 2 rings (SSSR count). The molecule has 0 saturated carbocycles. The summed E-state index contributed by atoms with van der Waals surface area (Å²) in [5.74, 6) is 0.838. The molecule has 2 N–H and O–H groups in total. The molecule has 4 nitrogen and oxygen atoms in total. The molecule has 1 aromatic carbocycles. The van der Waals surface area contributed by atoms with Crippen molar-refractivity contribution in [3.63, 3.8) is 0 Å².